The van der Waals surface area contributed by atoms with Crippen LogP contribution < -0.4 is 20.1 Å². The fourth-order valence-electron chi connectivity index (χ4n) is 4.67. The Morgan fingerprint density at radius 2 is 1.63 bits per heavy atom. The lowest BCUT2D eigenvalue weighted by molar-refractivity contribution is 0.172. The van der Waals surface area contributed by atoms with E-state index in [1.54, 1.807) is 0 Å². The maximum Gasteiger partial charge on any atom is 0.231 e. The topological polar surface area (TPSA) is 87.1 Å². The normalized spacial score (nSPS) is 15.5. The molecule has 0 bridgehead atoms. The molecule has 3 aromatic rings. The molecule has 1 fully saturated rings. The van der Waals surface area contributed by atoms with E-state index in [2.05, 4.69) is 68.5 Å². The number of hydrogen-bond donors (Lipinski definition) is 2. The van der Waals surface area contributed by atoms with Crippen molar-refractivity contribution in [2.75, 3.05) is 43.6 Å². The predicted octanol–water partition coefficient (Wildman–Crippen LogP) is 4.42. The van der Waals surface area contributed by atoms with Crippen molar-refractivity contribution in [1.29, 1.82) is 0 Å². The number of benzene rings is 2. The summed E-state index contributed by atoms with van der Waals surface area (Å²) < 4.78 is 11.0. The second-order valence-corrected chi connectivity index (χ2v) is 10.1. The third kappa shape index (κ3) is 6.38. The number of hydrogen-bond acceptors (Lipinski definition) is 6. The molecule has 0 saturated carbocycles. The Morgan fingerprint density at radius 1 is 0.895 bits per heavy atom. The van der Waals surface area contributed by atoms with Crippen molar-refractivity contribution in [2.24, 2.45) is 4.99 Å². The molecule has 10 heteroatoms. The van der Waals surface area contributed by atoms with E-state index in [4.69, 9.17) is 26.7 Å². The fraction of sp³-hybridized carbons (Fsp3) is 0.357. The Kier molecular flexibility index (Phi) is 7.71. The number of thiocarbonyl (C=S) groups is 1. The molecule has 1 aromatic heterocycles. The van der Waals surface area contributed by atoms with Crippen molar-refractivity contribution in [3.8, 4) is 11.5 Å². The van der Waals surface area contributed by atoms with Gasteiger partial charge in [0.1, 0.15) is 0 Å². The molecule has 0 spiro atoms. The summed E-state index contributed by atoms with van der Waals surface area (Å²) in [7, 11) is 0. The highest BCUT2D eigenvalue weighted by Gasteiger charge is 2.22. The highest BCUT2D eigenvalue weighted by atomic mass is 32.1. The van der Waals surface area contributed by atoms with Gasteiger partial charge in [-0.15, -0.1) is 0 Å². The van der Waals surface area contributed by atoms with Crippen LogP contribution in [0.4, 0.5) is 11.6 Å². The van der Waals surface area contributed by atoms with Crippen molar-refractivity contribution >= 4 is 34.9 Å². The Balaban J connectivity index is 1.29. The van der Waals surface area contributed by atoms with Crippen LogP contribution in [0, 0.1) is 27.7 Å². The maximum atomic E-state index is 5.65. The van der Waals surface area contributed by atoms with Gasteiger partial charge in [-0.25, -0.2) is 9.97 Å². The van der Waals surface area contributed by atoms with Gasteiger partial charge in [0.25, 0.3) is 0 Å². The number of fused-ring (bicyclic) bond motifs is 1. The van der Waals surface area contributed by atoms with Gasteiger partial charge in [0.2, 0.25) is 23.8 Å². The van der Waals surface area contributed by atoms with Gasteiger partial charge in [-0.1, -0.05) is 23.8 Å². The van der Waals surface area contributed by atoms with Gasteiger partial charge in [0.05, 0.1) is 0 Å². The van der Waals surface area contributed by atoms with Gasteiger partial charge in [-0.2, -0.15) is 4.99 Å². The van der Waals surface area contributed by atoms with E-state index >= 15 is 0 Å². The van der Waals surface area contributed by atoms with Gasteiger partial charge < -0.3 is 19.7 Å². The number of piperazine rings is 1. The van der Waals surface area contributed by atoms with Crippen LogP contribution in [-0.4, -0.2) is 63.8 Å². The molecule has 0 aliphatic carbocycles. The van der Waals surface area contributed by atoms with Crippen molar-refractivity contribution in [2.45, 2.75) is 34.2 Å². The summed E-state index contributed by atoms with van der Waals surface area (Å²) >= 11 is 5.65. The van der Waals surface area contributed by atoms with Crippen LogP contribution >= 0.6 is 12.2 Å². The lowest BCUT2D eigenvalue weighted by Crippen LogP contribution is -2.50. The van der Waals surface area contributed by atoms with Crippen LogP contribution in [0.25, 0.3) is 0 Å². The Hall–Kier alpha value is -3.76. The third-order valence-electron chi connectivity index (χ3n) is 6.55. The number of anilines is 2. The second-order valence-electron chi connectivity index (χ2n) is 9.73. The van der Waals surface area contributed by atoms with Gasteiger partial charge >= 0.3 is 0 Å². The number of aryl methyl sites for hydroxylation is 4. The largest absolute Gasteiger partial charge is 0.454 e. The van der Waals surface area contributed by atoms with E-state index in [0.29, 0.717) is 17.0 Å². The fourth-order valence-corrected chi connectivity index (χ4v) is 4.86. The highest BCUT2D eigenvalue weighted by molar-refractivity contribution is 7.80. The Labute approximate surface area is 228 Å². The summed E-state index contributed by atoms with van der Waals surface area (Å²) in [6.07, 6.45) is 0. The quantitative estimate of drug-likeness (QED) is 0.289. The van der Waals surface area contributed by atoms with Gasteiger partial charge in [-0.05, 0) is 75.3 Å². The van der Waals surface area contributed by atoms with E-state index in [-0.39, 0.29) is 6.79 Å². The number of ether oxygens (including phenoxy) is 2. The molecule has 9 nitrogen and oxygen atoms in total. The van der Waals surface area contributed by atoms with Crippen molar-refractivity contribution in [3.05, 3.63) is 70.5 Å². The van der Waals surface area contributed by atoms with Gasteiger partial charge in [-0.3, -0.25) is 10.2 Å². The lowest BCUT2D eigenvalue weighted by atomic mass is 10.1. The first-order valence-corrected chi connectivity index (χ1v) is 13.2. The highest BCUT2D eigenvalue weighted by Crippen LogP contribution is 2.32. The van der Waals surface area contributed by atoms with Crippen LogP contribution in [0.3, 0.4) is 0 Å². The molecule has 2 aromatic carbocycles. The van der Waals surface area contributed by atoms with Gasteiger partial charge in [0, 0.05) is 49.8 Å². The first-order valence-electron chi connectivity index (χ1n) is 12.7. The van der Waals surface area contributed by atoms with E-state index in [9.17, 15) is 0 Å². The zero-order valence-corrected chi connectivity index (χ0v) is 23.1. The van der Waals surface area contributed by atoms with Crippen LogP contribution in [-0.2, 0) is 6.54 Å². The first-order chi connectivity index (χ1) is 18.3. The first kappa shape index (κ1) is 25.9. The second kappa shape index (κ2) is 11.3. The molecule has 0 atom stereocenters. The summed E-state index contributed by atoms with van der Waals surface area (Å²) in [5, 5.41) is 7.00. The van der Waals surface area contributed by atoms with Crippen molar-refractivity contribution < 1.29 is 9.47 Å². The summed E-state index contributed by atoms with van der Waals surface area (Å²) in [4.78, 5) is 18.5. The molecular weight excluding hydrogens is 498 g/mol. The molecule has 5 rings (SSSR count). The Bertz CT molecular complexity index is 1350. The smallest absolute Gasteiger partial charge is 0.231 e. The molecule has 3 heterocycles. The number of nitrogens with one attached hydrogen (secondary N) is 2. The summed E-state index contributed by atoms with van der Waals surface area (Å²) in [5.74, 6) is 2.78. The molecule has 0 radical (unpaired) electrons. The average Bonchev–Trinajstić information content (AvgIpc) is 3.33. The molecule has 1 saturated heterocycles. The minimum Gasteiger partial charge on any atom is -0.454 e. The SMILES string of the molecule is Cc1ccc(NC(=S)/N=C(/Nc2nc(C)cc(C)n2)N2CCN(Cc3ccc4c(c3)OCO4)CC2)c(C)c1. The molecule has 0 unspecified atom stereocenters. The van der Waals surface area contributed by atoms with Crippen molar-refractivity contribution in [1.82, 2.24) is 19.8 Å². The minimum atomic E-state index is 0.289. The van der Waals surface area contributed by atoms with Crippen molar-refractivity contribution in [3.63, 3.8) is 0 Å². The summed E-state index contributed by atoms with van der Waals surface area (Å²) in [6, 6.07) is 14.3. The molecule has 38 heavy (non-hydrogen) atoms. The average molecular weight is 532 g/mol. The standard InChI is InChI=1S/C28H33N7O2S/c1-18-5-7-23(19(2)13-18)31-28(38)33-27(32-26-29-20(3)14-21(4)30-26)35-11-9-34(10-12-35)16-22-6-8-24-25(15-22)37-17-36-24/h5-8,13-15H,9-12,16-17H2,1-4H3,(H2,29,30,31,32,33,38). The van der Waals surface area contributed by atoms with Crippen LogP contribution in [0.2, 0.25) is 0 Å². The molecule has 0 amide bonds. The Morgan fingerprint density at radius 3 is 2.37 bits per heavy atom. The monoisotopic (exact) mass is 531 g/mol. The van der Waals surface area contributed by atoms with E-state index in [1.807, 2.05) is 32.0 Å². The number of aromatic nitrogens is 2. The molecule has 2 aliphatic rings. The molecule has 2 aliphatic heterocycles. The zero-order valence-electron chi connectivity index (χ0n) is 22.2. The zero-order chi connectivity index (χ0) is 26.6. The number of rotatable bonds is 4. The number of aliphatic imine (C=N–C) groups is 1. The minimum absolute atomic E-state index is 0.289. The van der Waals surface area contributed by atoms with E-state index in [0.717, 1.165) is 66.9 Å². The third-order valence-corrected chi connectivity index (χ3v) is 6.75. The summed E-state index contributed by atoms with van der Waals surface area (Å²) in [5.41, 5.74) is 6.26. The van der Waals surface area contributed by atoms with Gasteiger partial charge in [0.15, 0.2) is 11.5 Å². The number of guanidine groups is 1. The summed E-state index contributed by atoms with van der Waals surface area (Å²) in [6.45, 7) is 12.5. The van der Waals surface area contributed by atoms with Crippen LogP contribution in [0.5, 0.6) is 11.5 Å². The predicted molar refractivity (Wildman–Crippen MR) is 154 cm³/mol. The number of nitrogens with zero attached hydrogens (tertiary/aromatic N) is 5. The lowest BCUT2D eigenvalue weighted by Gasteiger charge is -2.36. The van der Waals surface area contributed by atoms with E-state index in [1.165, 1.54) is 11.1 Å². The maximum absolute atomic E-state index is 5.65. The molecular formula is C28H33N7O2S. The van der Waals surface area contributed by atoms with Crippen LogP contribution in [0.1, 0.15) is 28.1 Å². The molecule has 198 valence electrons. The molecule has 2 N–H and O–H groups in total. The van der Waals surface area contributed by atoms with Crippen LogP contribution in [0.15, 0.2) is 47.5 Å². The van der Waals surface area contributed by atoms with E-state index < -0.39 is 0 Å².